The average Bonchev–Trinajstić information content (AvgIpc) is 2.45. The van der Waals surface area contributed by atoms with E-state index in [4.69, 9.17) is 0 Å². The molecule has 4 heteroatoms. The van der Waals surface area contributed by atoms with Gasteiger partial charge in [-0.05, 0) is 12.8 Å². The Morgan fingerprint density at radius 2 is 2.14 bits per heavy atom. The molecule has 1 aliphatic heterocycles. The lowest BCUT2D eigenvalue weighted by Gasteiger charge is -2.22. The van der Waals surface area contributed by atoms with Crippen LogP contribution in [0.3, 0.4) is 0 Å². The Bertz CT molecular complexity index is 308. The first-order valence-corrected chi connectivity index (χ1v) is 4.88. The Morgan fingerprint density at radius 3 is 2.71 bits per heavy atom. The number of rotatable bonds is 1. The second kappa shape index (κ2) is 3.53. The maximum Gasteiger partial charge on any atom is 0.229 e. The summed E-state index contributed by atoms with van der Waals surface area (Å²) in [6.45, 7) is 0.345. The molecule has 0 bridgehead atoms. The van der Waals surface area contributed by atoms with Crippen LogP contribution >= 0.6 is 0 Å². The Labute approximate surface area is 82.2 Å². The first-order chi connectivity index (χ1) is 6.66. The number of carbonyl (C=O) groups excluding carboxylic acids is 2. The van der Waals surface area contributed by atoms with Crippen molar-refractivity contribution in [3.63, 3.8) is 0 Å². The number of likely N-dealkylation sites (tertiary alicyclic amines) is 1. The van der Waals surface area contributed by atoms with Crippen molar-refractivity contribution in [2.45, 2.75) is 31.8 Å². The van der Waals surface area contributed by atoms with Crippen LogP contribution in [0.5, 0.6) is 0 Å². The summed E-state index contributed by atoms with van der Waals surface area (Å²) >= 11 is 0. The Hall–Kier alpha value is -1.16. The van der Waals surface area contributed by atoms with Gasteiger partial charge in [-0.15, -0.1) is 0 Å². The summed E-state index contributed by atoms with van der Waals surface area (Å²) in [5, 5.41) is 9.29. The van der Waals surface area contributed by atoms with Gasteiger partial charge in [0, 0.05) is 18.2 Å². The molecule has 0 aromatic heterocycles. The third-order valence-electron chi connectivity index (χ3n) is 2.64. The third kappa shape index (κ3) is 1.70. The second-order valence-corrected chi connectivity index (χ2v) is 3.82. The first-order valence-electron chi connectivity index (χ1n) is 4.88. The zero-order valence-corrected chi connectivity index (χ0v) is 7.90. The predicted octanol–water partition coefficient (Wildman–Crippen LogP) is 0.216. The normalized spacial score (nSPS) is 28.2. The Kier molecular flexibility index (Phi) is 2.37. The molecule has 1 fully saturated rings. The van der Waals surface area contributed by atoms with Crippen molar-refractivity contribution in [3.8, 4) is 0 Å². The fraction of sp³-hybridized carbons (Fsp3) is 0.600. The highest BCUT2D eigenvalue weighted by atomic mass is 16.3. The number of amides is 1. The second-order valence-electron chi connectivity index (χ2n) is 3.82. The molecule has 76 valence electrons. The number of carbonyl (C=O) groups is 2. The zero-order chi connectivity index (χ0) is 10.1. The van der Waals surface area contributed by atoms with Gasteiger partial charge < -0.3 is 10.0 Å². The van der Waals surface area contributed by atoms with Crippen molar-refractivity contribution in [2.75, 3.05) is 6.54 Å². The Morgan fingerprint density at radius 1 is 1.36 bits per heavy atom. The van der Waals surface area contributed by atoms with Gasteiger partial charge in [-0.1, -0.05) is 0 Å². The monoisotopic (exact) mass is 195 g/mol. The van der Waals surface area contributed by atoms with Gasteiger partial charge in [0.05, 0.1) is 19.1 Å². The van der Waals surface area contributed by atoms with Gasteiger partial charge in [-0.3, -0.25) is 9.59 Å². The van der Waals surface area contributed by atoms with Gasteiger partial charge in [-0.2, -0.15) is 0 Å². The predicted molar refractivity (Wildman–Crippen MR) is 49.3 cm³/mol. The maximum absolute atomic E-state index is 11.4. The molecule has 1 amide bonds. The first kappa shape index (κ1) is 9.40. The van der Waals surface area contributed by atoms with Crippen molar-refractivity contribution in [3.05, 3.63) is 11.8 Å². The van der Waals surface area contributed by atoms with E-state index in [0.29, 0.717) is 13.0 Å². The molecule has 2 aliphatic rings. The van der Waals surface area contributed by atoms with Crippen LogP contribution in [-0.4, -0.2) is 34.3 Å². The molecule has 1 heterocycles. The molecule has 0 aromatic rings. The SMILES string of the molecule is O=C1C=C(N2CC(O)CC2=O)CCC1. The zero-order valence-electron chi connectivity index (χ0n) is 7.90. The topological polar surface area (TPSA) is 57.6 Å². The summed E-state index contributed by atoms with van der Waals surface area (Å²) in [7, 11) is 0. The van der Waals surface area contributed by atoms with E-state index in [0.717, 1.165) is 18.5 Å². The van der Waals surface area contributed by atoms with Crippen LogP contribution in [-0.2, 0) is 9.59 Å². The van der Waals surface area contributed by atoms with E-state index in [1.165, 1.54) is 0 Å². The van der Waals surface area contributed by atoms with Crippen LogP contribution in [0.4, 0.5) is 0 Å². The van der Waals surface area contributed by atoms with Crippen LogP contribution in [0, 0.1) is 0 Å². The molecule has 2 rings (SSSR count). The van der Waals surface area contributed by atoms with Gasteiger partial charge in [0.25, 0.3) is 0 Å². The van der Waals surface area contributed by atoms with Crippen molar-refractivity contribution >= 4 is 11.7 Å². The molecular weight excluding hydrogens is 182 g/mol. The van der Waals surface area contributed by atoms with Crippen LogP contribution < -0.4 is 0 Å². The lowest BCUT2D eigenvalue weighted by molar-refractivity contribution is -0.126. The molecule has 0 radical (unpaired) electrons. The number of ketones is 1. The molecule has 1 aliphatic carbocycles. The molecule has 0 spiro atoms. The molecule has 0 saturated carbocycles. The largest absolute Gasteiger partial charge is 0.391 e. The van der Waals surface area contributed by atoms with E-state index in [-0.39, 0.29) is 18.1 Å². The fourth-order valence-electron chi connectivity index (χ4n) is 1.95. The van der Waals surface area contributed by atoms with Crippen LogP contribution in [0.1, 0.15) is 25.7 Å². The summed E-state index contributed by atoms with van der Waals surface area (Å²) in [4.78, 5) is 24.1. The summed E-state index contributed by atoms with van der Waals surface area (Å²) in [6, 6.07) is 0. The maximum atomic E-state index is 11.4. The van der Waals surface area contributed by atoms with Crippen molar-refractivity contribution in [1.29, 1.82) is 0 Å². The van der Waals surface area contributed by atoms with Gasteiger partial charge in [0.2, 0.25) is 5.91 Å². The summed E-state index contributed by atoms with van der Waals surface area (Å²) in [6.07, 6.45) is 3.31. The number of β-amino-alcohol motifs (C(OH)–C–C–N with tert-alkyl or cyclic N) is 1. The third-order valence-corrected chi connectivity index (χ3v) is 2.64. The highest BCUT2D eigenvalue weighted by Crippen LogP contribution is 2.24. The smallest absolute Gasteiger partial charge is 0.229 e. The van der Waals surface area contributed by atoms with Gasteiger partial charge in [0.1, 0.15) is 0 Å². The van der Waals surface area contributed by atoms with Crippen LogP contribution in [0.25, 0.3) is 0 Å². The molecule has 1 saturated heterocycles. The highest BCUT2D eigenvalue weighted by Gasteiger charge is 2.31. The molecular formula is C10H13NO3. The molecule has 4 nitrogen and oxygen atoms in total. The van der Waals surface area contributed by atoms with Crippen molar-refractivity contribution < 1.29 is 14.7 Å². The summed E-state index contributed by atoms with van der Waals surface area (Å²) in [5.41, 5.74) is 0.780. The van der Waals surface area contributed by atoms with Crippen LogP contribution in [0.15, 0.2) is 11.8 Å². The standard InChI is InChI=1S/C10H13NO3/c12-8-3-1-2-7(4-8)11-6-9(13)5-10(11)14/h4,9,13H,1-3,5-6H2. The van der Waals surface area contributed by atoms with E-state index in [2.05, 4.69) is 0 Å². The minimum atomic E-state index is -0.569. The number of aliphatic hydroxyl groups is 1. The summed E-state index contributed by atoms with van der Waals surface area (Å²) < 4.78 is 0. The highest BCUT2D eigenvalue weighted by molar-refractivity contribution is 5.92. The number of nitrogens with zero attached hydrogens (tertiary/aromatic N) is 1. The lowest BCUT2D eigenvalue weighted by atomic mass is 10.0. The van der Waals surface area contributed by atoms with Gasteiger partial charge in [-0.25, -0.2) is 0 Å². The van der Waals surface area contributed by atoms with E-state index in [1.807, 2.05) is 0 Å². The minimum absolute atomic E-state index is 0.0709. The molecule has 14 heavy (non-hydrogen) atoms. The number of allylic oxidation sites excluding steroid dienone is 2. The van der Waals surface area contributed by atoms with Gasteiger partial charge in [0.15, 0.2) is 5.78 Å². The molecule has 1 atom stereocenters. The van der Waals surface area contributed by atoms with E-state index >= 15 is 0 Å². The van der Waals surface area contributed by atoms with Gasteiger partial charge >= 0.3 is 0 Å². The average molecular weight is 195 g/mol. The number of hydrogen-bond donors (Lipinski definition) is 1. The minimum Gasteiger partial charge on any atom is -0.391 e. The number of hydrogen-bond acceptors (Lipinski definition) is 3. The van der Waals surface area contributed by atoms with Crippen molar-refractivity contribution in [2.24, 2.45) is 0 Å². The molecule has 0 aromatic carbocycles. The molecule has 1 N–H and O–H groups in total. The van der Waals surface area contributed by atoms with E-state index in [9.17, 15) is 14.7 Å². The summed E-state index contributed by atoms with van der Waals surface area (Å²) in [5.74, 6) is 0.0129. The van der Waals surface area contributed by atoms with Crippen LogP contribution in [0.2, 0.25) is 0 Å². The van der Waals surface area contributed by atoms with E-state index < -0.39 is 6.10 Å². The lowest BCUT2D eigenvalue weighted by Crippen LogP contribution is -2.27. The van der Waals surface area contributed by atoms with Crippen molar-refractivity contribution in [1.82, 2.24) is 4.90 Å². The quantitative estimate of drug-likeness (QED) is 0.651. The fourth-order valence-corrected chi connectivity index (χ4v) is 1.95. The molecule has 1 unspecified atom stereocenters. The van der Waals surface area contributed by atoms with E-state index in [1.54, 1.807) is 11.0 Å². The Balaban J connectivity index is 2.15. The number of aliphatic hydroxyl groups excluding tert-OH is 1.